The minimum atomic E-state index is 0.105. The molecule has 0 amide bonds. The number of hydrogen-bond acceptors (Lipinski definition) is 3. The third kappa shape index (κ3) is 2.66. The summed E-state index contributed by atoms with van der Waals surface area (Å²) < 4.78 is 5.71. The van der Waals surface area contributed by atoms with Crippen molar-refractivity contribution in [2.24, 2.45) is 0 Å². The zero-order valence-corrected chi connectivity index (χ0v) is 10.4. The van der Waals surface area contributed by atoms with Crippen LogP contribution in [-0.4, -0.2) is 36.2 Å². The van der Waals surface area contributed by atoms with Gasteiger partial charge in [0.2, 0.25) is 0 Å². The highest BCUT2D eigenvalue weighted by molar-refractivity contribution is 6.18. The standard InChI is InChI=1S/C12H17ClN2O/c1-9-3-4-12(14-6-9)15-7-10(2)16-11(5-13)8-15/h3-4,6,10-11H,5,7-8H2,1-2H3. The number of ether oxygens (including phenoxy) is 1. The minimum Gasteiger partial charge on any atom is -0.370 e. The van der Waals surface area contributed by atoms with Crippen LogP contribution in [0.4, 0.5) is 5.82 Å². The Bertz CT molecular complexity index is 341. The predicted molar refractivity (Wildman–Crippen MR) is 66.2 cm³/mol. The molecule has 2 atom stereocenters. The van der Waals surface area contributed by atoms with E-state index in [1.54, 1.807) is 0 Å². The molecule has 1 aliphatic heterocycles. The van der Waals surface area contributed by atoms with Crippen molar-refractivity contribution in [1.82, 2.24) is 4.98 Å². The number of aryl methyl sites for hydroxylation is 1. The van der Waals surface area contributed by atoms with Gasteiger partial charge in [-0.3, -0.25) is 0 Å². The molecule has 0 bridgehead atoms. The Hall–Kier alpha value is -0.800. The molecule has 3 nitrogen and oxygen atoms in total. The van der Waals surface area contributed by atoms with Gasteiger partial charge in [0.1, 0.15) is 5.82 Å². The maximum atomic E-state index is 5.85. The Morgan fingerprint density at radius 3 is 2.94 bits per heavy atom. The Kier molecular flexibility index (Phi) is 3.66. The monoisotopic (exact) mass is 240 g/mol. The first-order valence-corrected chi connectivity index (χ1v) is 6.11. The summed E-state index contributed by atoms with van der Waals surface area (Å²) in [5.41, 5.74) is 1.18. The lowest BCUT2D eigenvalue weighted by Gasteiger charge is -2.36. The Morgan fingerprint density at radius 1 is 1.50 bits per heavy atom. The van der Waals surface area contributed by atoms with Crippen LogP contribution in [-0.2, 0) is 4.74 Å². The van der Waals surface area contributed by atoms with Gasteiger partial charge in [-0.25, -0.2) is 4.98 Å². The smallest absolute Gasteiger partial charge is 0.128 e. The van der Waals surface area contributed by atoms with Gasteiger partial charge in [0.15, 0.2) is 0 Å². The number of pyridine rings is 1. The van der Waals surface area contributed by atoms with Crippen LogP contribution >= 0.6 is 11.6 Å². The highest BCUT2D eigenvalue weighted by Crippen LogP contribution is 2.18. The molecule has 2 heterocycles. The second kappa shape index (κ2) is 5.02. The van der Waals surface area contributed by atoms with E-state index in [2.05, 4.69) is 28.9 Å². The van der Waals surface area contributed by atoms with Crippen LogP contribution in [0.1, 0.15) is 12.5 Å². The number of alkyl halides is 1. The van der Waals surface area contributed by atoms with E-state index in [0.29, 0.717) is 5.88 Å². The lowest BCUT2D eigenvalue weighted by Crippen LogP contribution is -2.47. The number of nitrogens with zero attached hydrogens (tertiary/aromatic N) is 2. The molecule has 0 N–H and O–H groups in total. The van der Waals surface area contributed by atoms with E-state index in [-0.39, 0.29) is 12.2 Å². The molecule has 0 spiro atoms. The normalized spacial score (nSPS) is 25.8. The molecule has 0 saturated carbocycles. The van der Waals surface area contributed by atoms with Crippen molar-refractivity contribution in [3.8, 4) is 0 Å². The third-order valence-corrected chi connectivity index (χ3v) is 3.06. The van der Waals surface area contributed by atoms with Crippen LogP contribution < -0.4 is 4.90 Å². The summed E-state index contributed by atoms with van der Waals surface area (Å²) in [5, 5.41) is 0. The average Bonchev–Trinajstić information content (AvgIpc) is 2.29. The maximum Gasteiger partial charge on any atom is 0.128 e. The van der Waals surface area contributed by atoms with Gasteiger partial charge < -0.3 is 9.64 Å². The molecule has 2 unspecified atom stereocenters. The molecule has 1 saturated heterocycles. The molecule has 88 valence electrons. The van der Waals surface area contributed by atoms with Gasteiger partial charge >= 0.3 is 0 Å². The molecular weight excluding hydrogens is 224 g/mol. The lowest BCUT2D eigenvalue weighted by molar-refractivity contribution is -0.00357. The van der Waals surface area contributed by atoms with Gasteiger partial charge in [-0.1, -0.05) is 6.07 Å². The van der Waals surface area contributed by atoms with Crippen LogP contribution in [0, 0.1) is 6.92 Å². The molecular formula is C12H17ClN2O. The van der Waals surface area contributed by atoms with E-state index >= 15 is 0 Å². The van der Waals surface area contributed by atoms with Crippen LogP contribution in [0.3, 0.4) is 0 Å². The van der Waals surface area contributed by atoms with Gasteiger partial charge in [-0.15, -0.1) is 11.6 Å². The third-order valence-electron chi connectivity index (χ3n) is 2.72. The second-order valence-electron chi connectivity index (χ2n) is 4.32. The molecule has 0 aliphatic carbocycles. The van der Waals surface area contributed by atoms with E-state index in [1.807, 2.05) is 13.1 Å². The molecule has 1 aromatic heterocycles. The van der Waals surface area contributed by atoms with E-state index < -0.39 is 0 Å². The number of morpholine rings is 1. The molecule has 0 radical (unpaired) electrons. The summed E-state index contributed by atoms with van der Waals surface area (Å²) in [6, 6.07) is 4.14. The summed E-state index contributed by atoms with van der Waals surface area (Å²) in [7, 11) is 0. The SMILES string of the molecule is Cc1ccc(N2CC(C)OC(CCl)C2)nc1. The first-order chi connectivity index (χ1) is 7.69. The molecule has 4 heteroatoms. The number of hydrogen-bond donors (Lipinski definition) is 0. The van der Waals surface area contributed by atoms with Crippen molar-refractivity contribution in [2.45, 2.75) is 26.1 Å². The van der Waals surface area contributed by atoms with E-state index in [0.717, 1.165) is 18.9 Å². The van der Waals surface area contributed by atoms with E-state index in [1.165, 1.54) is 5.56 Å². The first kappa shape index (κ1) is 11.7. The Morgan fingerprint density at radius 2 is 2.31 bits per heavy atom. The molecule has 1 aliphatic rings. The van der Waals surface area contributed by atoms with Gasteiger partial charge in [-0.2, -0.15) is 0 Å². The summed E-state index contributed by atoms with van der Waals surface area (Å²) in [6.07, 6.45) is 2.21. The number of rotatable bonds is 2. The van der Waals surface area contributed by atoms with Gasteiger partial charge in [0.05, 0.1) is 18.1 Å². The molecule has 1 aromatic rings. The zero-order valence-electron chi connectivity index (χ0n) is 9.69. The van der Waals surface area contributed by atoms with Gasteiger partial charge in [-0.05, 0) is 25.5 Å². The van der Waals surface area contributed by atoms with Gasteiger partial charge in [0, 0.05) is 19.3 Å². The van der Waals surface area contributed by atoms with Crippen molar-refractivity contribution in [3.05, 3.63) is 23.9 Å². The van der Waals surface area contributed by atoms with Crippen LogP contribution in [0.5, 0.6) is 0 Å². The average molecular weight is 241 g/mol. The lowest BCUT2D eigenvalue weighted by atomic mass is 10.2. The van der Waals surface area contributed by atoms with Crippen molar-refractivity contribution in [1.29, 1.82) is 0 Å². The summed E-state index contributed by atoms with van der Waals surface area (Å²) in [4.78, 5) is 6.67. The van der Waals surface area contributed by atoms with Crippen molar-refractivity contribution in [2.75, 3.05) is 23.9 Å². The van der Waals surface area contributed by atoms with E-state index in [4.69, 9.17) is 16.3 Å². The zero-order chi connectivity index (χ0) is 11.5. The van der Waals surface area contributed by atoms with Crippen molar-refractivity contribution in [3.63, 3.8) is 0 Å². The predicted octanol–water partition coefficient (Wildman–Crippen LogP) is 2.22. The fourth-order valence-corrected chi connectivity index (χ4v) is 2.13. The van der Waals surface area contributed by atoms with Crippen LogP contribution in [0.25, 0.3) is 0 Å². The molecule has 16 heavy (non-hydrogen) atoms. The van der Waals surface area contributed by atoms with Crippen LogP contribution in [0.15, 0.2) is 18.3 Å². The van der Waals surface area contributed by atoms with Gasteiger partial charge in [0.25, 0.3) is 0 Å². The van der Waals surface area contributed by atoms with E-state index in [9.17, 15) is 0 Å². The molecule has 2 rings (SSSR count). The summed E-state index contributed by atoms with van der Waals surface area (Å²) >= 11 is 5.85. The van der Waals surface area contributed by atoms with Crippen molar-refractivity contribution < 1.29 is 4.74 Å². The largest absolute Gasteiger partial charge is 0.370 e. The highest BCUT2D eigenvalue weighted by Gasteiger charge is 2.25. The fourth-order valence-electron chi connectivity index (χ4n) is 1.96. The molecule has 0 aromatic carbocycles. The summed E-state index contributed by atoms with van der Waals surface area (Å²) in [6.45, 7) is 5.81. The molecule has 1 fully saturated rings. The Labute approximate surface area is 101 Å². The number of anilines is 1. The fraction of sp³-hybridized carbons (Fsp3) is 0.583. The van der Waals surface area contributed by atoms with Crippen molar-refractivity contribution >= 4 is 17.4 Å². The first-order valence-electron chi connectivity index (χ1n) is 5.58. The summed E-state index contributed by atoms with van der Waals surface area (Å²) in [5.74, 6) is 1.54. The number of halogens is 1. The quantitative estimate of drug-likeness (QED) is 0.742. The van der Waals surface area contributed by atoms with Crippen LogP contribution in [0.2, 0.25) is 0 Å². The topological polar surface area (TPSA) is 25.4 Å². The minimum absolute atomic E-state index is 0.105. The maximum absolute atomic E-state index is 5.85. The second-order valence-corrected chi connectivity index (χ2v) is 4.63. The highest BCUT2D eigenvalue weighted by atomic mass is 35.5. The Balaban J connectivity index is 2.11. The number of aromatic nitrogens is 1.